The second-order valence-electron chi connectivity index (χ2n) is 7.45. The molecule has 9 nitrogen and oxygen atoms in total. The molecule has 148 valence electrons. The summed E-state index contributed by atoms with van der Waals surface area (Å²) in [5.74, 6) is -0.144. The van der Waals surface area contributed by atoms with E-state index in [-0.39, 0.29) is 22.8 Å². The van der Waals surface area contributed by atoms with E-state index in [0.717, 1.165) is 24.1 Å². The zero-order valence-corrected chi connectivity index (χ0v) is 15.5. The third kappa shape index (κ3) is 3.90. The van der Waals surface area contributed by atoms with Crippen molar-refractivity contribution < 1.29 is 9.72 Å². The van der Waals surface area contributed by atoms with Gasteiger partial charge in [-0.2, -0.15) is 5.10 Å². The highest BCUT2D eigenvalue weighted by Gasteiger charge is 2.46. The van der Waals surface area contributed by atoms with E-state index in [1.165, 1.54) is 0 Å². The molecule has 9 heteroatoms. The lowest BCUT2D eigenvalue weighted by atomic mass is 9.79. The molecule has 0 bridgehead atoms. The summed E-state index contributed by atoms with van der Waals surface area (Å²) < 4.78 is 1.79. The van der Waals surface area contributed by atoms with Gasteiger partial charge in [0.05, 0.1) is 5.69 Å². The van der Waals surface area contributed by atoms with Crippen molar-refractivity contribution in [3.05, 3.63) is 58.4 Å². The molecule has 4 unspecified atom stereocenters. The van der Waals surface area contributed by atoms with Crippen LogP contribution in [0.25, 0.3) is 5.69 Å². The van der Waals surface area contributed by atoms with Crippen LogP contribution in [0.1, 0.15) is 24.8 Å². The van der Waals surface area contributed by atoms with E-state index in [9.17, 15) is 14.9 Å². The average molecular weight is 384 g/mol. The van der Waals surface area contributed by atoms with Crippen LogP contribution in [-0.4, -0.2) is 45.3 Å². The zero-order valence-electron chi connectivity index (χ0n) is 15.5. The van der Waals surface area contributed by atoms with E-state index < -0.39 is 12.1 Å². The Morgan fingerprint density at radius 3 is 2.82 bits per heavy atom. The van der Waals surface area contributed by atoms with Crippen LogP contribution in [0.3, 0.4) is 0 Å². The first-order chi connectivity index (χ1) is 13.6. The Morgan fingerprint density at radius 2 is 2.11 bits per heavy atom. The van der Waals surface area contributed by atoms with Crippen LogP contribution in [0.5, 0.6) is 0 Å². The first kappa shape index (κ1) is 18.6. The normalized spacial score (nSPS) is 26.6. The fourth-order valence-electron chi connectivity index (χ4n) is 4.16. The van der Waals surface area contributed by atoms with Gasteiger partial charge in [-0.1, -0.05) is 12.1 Å². The molecular weight excluding hydrogens is 360 g/mol. The number of nitrogens with one attached hydrogen (secondary N) is 3. The molecule has 2 fully saturated rings. The van der Waals surface area contributed by atoms with Crippen LogP contribution in [0.15, 0.2) is 42.7 Å². The Labute approximate surface area is 162 Å². The van der Waals surface area contributed by atoms with Crippen LogP contribution in [0.4, 0.5) is 0 Å². The summed E-state index contributed by atoms with van der Waals surface area (Å²) in [6.07, 6.45) is 6.06. The standard InChI is InChI=1S/C19H24N6O3/c26-19(18-16-12-15(25(27)28)6-7-17(16)22-23-18)20-10-8-13-2-4-14(5-3-13)24-11-1-9-21-24/h1-5,9,11,15-18,22-23H,6-8,10,12H2,(H,20,26). The van der Waals surface area contributed by atoms with Crippen LogP contribution in [0.2, 0.25) is 0 Å². The summed E-state index contributed by atoms with van der Waals surface area (Å²) in [7, 11) is 0. The maximum Gasteiger partial charge on any atom is 0.238 e. The van der Waals surface area contributed by atoms with Crippen molar-refractivity contribution in [1.82, 2.24) is 25.9 Å². The Bertz CT molecular complexity index is 823. The highest BCUT2D eigenvalue weighted by Crippen LogP contribution is 2.31. The van der Waals surface area contributed by atoms with Gasteiger partial charge in [-0.05, 0) is 36.6 Å². The Kier molecular flexibility index (Phi) is 5.36. The second-order valence-corrected chi connectivity index (χ2v) is 7.45. The number of carbonyl (C=O) groups excluding carboxylic acids is 1. The second kappa shape index (κ2) is 8.07. The molecule has 1 aromatic carbocycles. The maximum atomic E-state index is 12.6. The number of nitro groups is 1. The molecular formula is C19H24N6O3. The molecule has 3 N–H and O–H groups in total. The quantitative estimate of drug-likeness (QED) is 0.502. The van der Waals surface area contributed by atoms with Crippen molar-refractivity contribution in [1.29, 1.82) is 0 Å². The fraction of sp³-hybridized carbons (Fsp3) is 0.474. The van der Waals surface area contributed by atoms with Crippen molar-refractivity contribution in [2.75, 3.05) is 6.54 Å². The van der Waals surface area contributed by atoms with Crippen molar-refractivity contribution in [2.45, 2.75) is 43.8 Å². The van der Waals surface area contributed by atoms with Gasteiger partial charge in [0, 0.05) is 48.7 Å². The van der Waals surface area contributed by atoms with Crippen molar-refractivity contribution >= 4 is 5.91 Å². The summed E-state index contributed by atoms with van der Waals surface area (Å²) in [5, 5.41) is 18.3. The third-order valence-corrected chi connectivity index (χ3v) is 5.72. The summed E-state index contributed by atoms with van der Waals surface area (Å²) in [6.45, 7) is 0.522. The predicted molar refractivity (Wildman–Crippen MR) is 102 cm³/mol. The number of carbonyl (C=O) groups is 1. The lowest BCUT2D eigenvalue weighted by molar-refractivity contribution is -0.528. The number of fused-ring (bicyclic) bond motifs is 1. The number of nitrogens with zero attached hydrogens (tertiary/aromatic N) is 3. The van der Waals surface area contributed by atoms with Gasteiger partial charge >= 0.3 is 0 Å². The summed E-state index contributed by atoms with van der Waals surface area (Å²) in [4.78, 5) is 23.5. The Hall–Kier alpha value is -2.78. The molecule has 0 radical (unpaired) electrons. The SMILES string of the molecule is O=C(NCCc1ccc(-n2cccn2)cc1)C1NNC2CCC([N+](=O)[O-])CC21. The molecule has 2 aromatic rings. The van der Waals surface area contributed by atoms with E-state index in [4.69, 9.17) is 0 Å². The van der Waals surface area contributed by atoms with Crippen molar-refractivity contribution in [2.24, 2.45) is 5.92 Å². The molecule has 2 heterocycles. The maximum absolute atomic E-state index is 12.6. The Morgan fingerprint density at radius 1 is 1.29 bits per heavy atom. The topological polar surface area (TPSA) is 114 Å². The predicted octanol–water partition coefficient (Wildman–Crippen LogP) is 0.821. The summed E-state index contributed by atoms with van der Waals surface area (Å²) >= 11 is 0. The highest BCUT2D eigenvalue weighted by molar-refractivity contribution is 5.82. The van der Waals surface area contributed by atoms with Gasteiger partial charge in [0.1, 0.15) is 6.04 Å². The monoisotopic (exact) mass is 384 g/mol. The minimum Gasteiger partial charge on any atom is -0.354 e. The molecule has 1 amide bonds. The number of rotatable bonds is 6. The smallest absolute Gasteiger partial charge is 0.238 e. The fourth-order valence-corrected chi connectivity index (χ4v) is 4.16. The largest absolute Gasteiger partial charge is 0.354 e. The highest BCUT2D eigenvalue weighted by atomic mass is 16.6. The van der Waals surface area contributed by atoms with Gasteiger partial charge in [-0.25, -0.2) is 10.1 Å². The van der Waals surface area contributed by atoms with Gasteiger partial charge in [0.25, 0.3) is 0 Å². The molecule has 2 aliphatic rings. The van der Waals surface area contributed by atoms with E-state index in [0.29, 0.717) is 19.4 Å². The van der Waals surface area contributed by atoms with Gasteiger partial charge in [-0.3, -0.25) is 20.3 Å². The minimum absolute atomic E-state index is 0.0440. The molecule has 1 aromatic heterocycles. The first-order valence-corrected chi connectivity index (χ1v) is 9.63. The molecule has 1 saturated heterocycles. The van der Waals surface area contributed by atoms with Crippen LogP contribution in [0, 0.1) is 16.0 Å². The van der Waals surface area contributed by atoms with Gasteiger partial charge in [-0.15, -0.1) is 0 Å². The molecule has 1 aliphatic carbocycles. The van der Waals surface area contributed by atoms with Gasteiger partial charge in [0.15, 0.2) is 0 Å². The minimum atomic E-state index is -0.549. The van der Waals surface area contributed by atoms with E-state index in [2.05, 4.69) is 21.3 Å². The van der Waals surface area contributed by atoms with Crippen molar-refractivity contribution in [3.63, 3.8) is 0 Å². The van der Waals surface area contributed by atoms with E-state index in [1.807, 2.05) is 36.5 Å². The molecule has 0 spiro atoms. The first-order valence-electron chi connectivity index (χ1n) is 9.63. The number of hydrogen-bond acceptors (Lipinski definition) is 6. The van der Waals surface area contributed by atoms with Crippen molar-refractivity contribution in [3.8, 4) is 5.69 Å². The van der Waals surface area contributed by atoms with Gasteiger partial charge < -0.3 is 5.32 Å². The summed E-state index contributed by atoms with van der Waals surface area (Å²) in [5.41, 5.74) is 8.28. The Balaban J connectivity index is 1.28. The summed E-state index contributed by atoms with van der Waals surface area (Å²) in [6, 6.07) is 9.08. The van der Waals surface area contributed by atoms with Crippen LogP contribution >= 0.6 is 0 Å². The van der Waals surface area contributed by atoms with Crippen LogP contribution < -0.4 is 16.2 Å². The third-order valence-electron chi connectivity index (χ3n) is 5.72. The number of aromatic nitrogens is 2. The lowest BCUT2D eigenvalue weighted by Gasteiger charge is -2.28. The number of hydrazine groups is 1. The average Bonchev–Trinajstić information content (AvgIpc) is 3.38. The number of amides is 1. The zero-order chi connectivity index (χ0) is 19.5. The number of hydrogen-bond donors (Lipinski definition) is 3. The molecule has 4 atom stereocenters. The molecule has 1 saturated carbocycles. The molecule has 1 aliphatic heterocycles. The molecule has 28 heavy (non-hydrogen) atoms. The molecule has 4 rings (SSSR count). The van der Waals surface area contributed by atoms with E-state index in [1.54, 1.807) is 10.9 Å². The lowest BCUT2D eigenvalue weighted by Crippen LogP contribution is -2.47. The number of benzene rings is 1. The van der Waals surface area contributed by atoms with Gasteiger partial charge in [0.2, 0.25) is 11.9 Å². The van der Waals surface area contributed by atoms with E-state index >= 15 is 0 Å². The van der Waals surface area contributed by atoms with Crippen LogP contribution in [-0.2, 0) is 11.2 Å².